The summed E-state index contributed by atoms with van der Waals surface area (Å²) in [4.78, 5) is 7.76. The molecule has 1 aliphatic rings. The van der Waals surface area contributed by atoms with E-state index >= 15 is 0 Å². The monoisotopic (exact) mass is 412 g/mol. The molecule has 1 saturated carbocycles. The first-order valence-corrected chi connectivity index (χ1v) is 19.0. The Morgan fingerprint density at radius 3 is 2.41 bits per heavy atom. The molecule has 0 aromatic heterocycles. The Morgan fingerprint density at radius 1 is 1.09 bits per heavy atom. The minimum atomic E-state index is -1.96. The molecule has 1 unspecified atom stereocenters. The Morgan fingerprint density at radius 2 is 1.77 bits per heavy atom. The summed E-state index contributed by atoms with van der Waals surface area (Å²) in [5, 5.41) is 0. The predicted molar refractivity (Wildman–Crippen MR) is 95.8 cm³/mol. The molecular weight excluding hydrogens is 379 g/mol. The summed E-state index contributed by atoms with van der Waals surface area (Å²) < 4.78 is 12.6. The summed E-state index contributed by atoms with van der Waals surface area (Å²) in [6.07, 6.45) is 5.68. The van der Waals surface area contributed by atoms with Crippen molar-refractivity contribution in [1.82, 2.24) is 0 Å². The maximum atomic E-state index is 6.24. The third-order valence-electron chi connectivity index (χ3n) is 4.98. The van der Waals surface area contributed by atoms with E-state index in [9.17, 15) is 0 Å². The van der Waals surface area contributed by atoms with Gasteiger partial charge in [-0.1, -0.05) is 0 Å². The molecule has 0 bridgehead atoms. The van der Waals surface area contributed by atoms with E-state index in [1.165, 1.54) is 31.2 Å². The molecule has 22 heavy (non-hydrogen) atoms. The van der Waals surface area contributed by atoms with Gasteiger partial charge in [-0.05, 0) is 0 Å². The SMILES string of the molecule is CCOCOC(c1ccccc1)[C@H]1CCCC[C@@H]1[Sn]([CH3])([CH3])[CH3]. The van der Waals surface area contributed by atoms with Gasteiger partial charge in [-0.25, -0.2) is 0 Å². The van der Waals surface area contributed by atoms with Crippen LogP contribution in [0, 0.1) is 5.92 Å². The van der Waals surface area contributed by atoms with E-state index in [1.54, 1.807) is 0 Å². The topological polar surface area (TPSA) is 18.5 Å². The van der Waals surface area contributed by atoms with E-state index in [2.05, 4.69) is 45.2 Å². The Hall–Kier alpha value is -0.0613. The van der Waals surface area contributed by atoms with E-state index in [-0.39, 0.29) is 6.10 Å². The summed E-state index contributed by atoms with van der Waals surface area (Å²) in [7, 11) is 0. The van der Waals surface area contributed by atoms with Crippen LogP contribution in [0.25, 0.3) is 0 Å². The van der Waals surface area contributed by atoms with Gasteiger partial charge in [0, 0.05) is 0 Å². The molecule has 124 valence electrons. The van der Waals surface area contributed by atoms with Gasteiger partial charge in [0.15, 0.2) is 0 Å². The maximum absolute atomic E-state index is 6.24. The van der Waals surface area contributed by atoms with Crippen LogP contribution in [-0.4, -0.2) is 31.8 Å². The molecule has 0 saturated heterocycles. The van der Waals surface area contributed by atoms with Gasteiger partial charge < -0.3 is 0 Å². The Labute approximate surface area is 140 Å². The number of hydrogen-bond donors (Lipinski definition) is 0. The molecule has 0 heterocycles. The van der Waals surface area contributed by atoms with Crippen molar-refractivity contribution in [1.29, 1.82) is 0 Å². The van der Waals surface area contributed by atoms with Gasteiger partial charge in [0.2, 0.25) is 0 Å². The summed E-state index contributed by atoms with van der Waals surface area (Å²) in [5.41, 5.74) is 1.33. The number of hydrogen-bond acceptors (Lipinski definition) is 2. The van der Waals surface area contributed by atoms with Crippen LogP contribution in [0.15, 0.2) is 30.3 Å². The molecule has 0 N–H and O–H groups in total. The van der Waals surface area contributed by atoms with Crippen LogP contribution >= 0.6 is 0 Å². The third-order valence-corrected chi connectivity index (χ3v) is 13.4. The predicted octanol–water partition coefficient (Wildman–Crippen LogP) is 5.64. The zero-order valence-electron chi connectivity index (χ0n) is 14.7. The Kier molecular flexibility index (Phi) is 7.23. The number of ether oxygens (including phenoxy) is 2. The van der Waals surface area contributed by atoms with Gasteiger partial charge in [-0.2, -0.15) is 0 Å². The quantitative estimate of drug-likeness (QED) is 0.329. The molecule has 0 aliphatic heterocycles. The normalized spacial score (nSPS) is 24.2. The molecular formula is C19H32O2Sn. The fourth-order valence-electron chi connectivity index (χ4n) is 3.91. The molecule has 1 aromatic rings. The Balaban J connectivity index is 2.21. The second-order valence-electron chi connectivity index (χ2n) is 7.53. The molecule has 1 fully saturated rings. The van der Waals surface area contributed by atoms with Gasteiger partial charge in [0.1, 0.15) is 0 Å². The van der Waals surface area contributed by atoms with E-state index < -0.39 is 18.4 Å². The molecule has 3 atom stereocenters. The first-order chi connectivity index (χ1) is 10.5. The van der Waals surface area contributed by atoms with Crippen molar-refractivity contribution in [3.63, 3.8) is 0 Å². The van der Waals surface area contributed by atoms with Crippen molar-refractivity contribution >= 4 is 18.4 Å². The molecule has 2 rings (SSSR count). The fraction of sp³-hybridized carbons (Fsp3) is 0.684. The summed E-state index contributed by atoms with van der Waals surface area (Å²) in [6, 6.07) is 10.8. The van der Waals surface area contributed by atoms with Gasteiger partial charge in [0.05, 0.1) is 0 Å². The number of benzene rings is 1. The average Bonchev–Trinajstić information content (AvgIpc) is 2.52. The van der Waals surface area contributed by atoms with Crippen molar-refractivity contribution < 1.29 is 9.47 Å². The summed E-state index contributed by atoms with van der Waals surface area (Å²) in [5.74, 6) is 0.674. The zero-order chi connectivity index (χ0) is 16.0. The molecule has 1 aliphatic carbocycles. The molecule has 0 amide bonds. The van der Waals surface area contributed by atoms with E-state index in [1.807, 2.05) is 6.92 Å². The Bertz CT molecular complexity index is 427. The van der Waals surface area contributed by atoms with Crippen molar-refractivity contribution in [3.8, 4) is 0 Å². The first kappa shape index (κ1) is 18.3. The zero-order valence-corrected chi connectivity index (χ0v) is 17.5. The van der Waals surface area contributed by atoms with Crippen molar-refractivity contribution in [2.24, 2.45) is 5.92 Å². The van der Waals surface area contributed by atoms with E-state index in [4.69, 9.17) is 9.47 Å². The van der Waals surface area contributed by atoms with Gasteiger partial charge in [0.25, 0.3) is 0 Å². The van der Waals surface area contributed by atoms with Crippen LogP contribution < -0.4 is 0 Å². The van der Waals surface area contributed by atoms with Gasteiger partial charge in [-0.3, -0.25) is 0 Å². The van der Waals surface area contributed by atoms with E-state index in [0.29, 0.717) is 19.3 Å². The summed E-state index contributed by atoms with van der Waals surface area (Å²) >= 11 is -1.96. The molecule has 0 radical (unpaired) electrons. The third kappa shape index (κ3) is 4.97. The minimum absolute atomic E-state index is 0.203. The molecule has 2 nitrogen and oxygen atoms in total. The van der Waals surface area contributed by atoms with E-state index in [0.717, 1.165) is 3.93 Å². The second-order valence-corrected chi connectivity index (χ2v) is 23.2. The second kappa shape index (κ2) is 8.70. The van der Waals surface area contributed by atoms with Crippen LogP contribution in [0.5, 0.6) is 0 Å². The van der Waals surface area contributed by atoms with Crippen LogP contribution in [0.3, 0.4) is 0 Å². The molecule has 0 spiro atoms. The standard InChI is InChI=1S/C16H23O2.3CH3.Sn/c1-2-17-13-18-16(14-9-5-3-6-10-14)15-11-7-4-8-12-15;;;;/h3,5-6,9-11,15-16H,2,4,7-8,12-13H2,1H3;3*1H3;/t15-,16?;;;;/m1..../s1. The van der Waals surface area contributed by atoms with Crippen LogP contribution in [0.1, 0.15) is 44.3 Å². The van der Waals surface area contributed by atoms with Crippen molar-refractivity contribution in [2.45, 2.75) is 57.5 Å². The fourth-order valence-corrected chi connectivity index (χ4v) is 11.6. The van der Waals surface area contributed by atoms with Gasteiger partial charge >= 0.3 is 141 Å². The van der Waals surface area contributed by atoms with Crippen molar-refractivity contribution in [2.75, 3.05) is 13.4 Å². The summed E-state index contributed by atoms with van der Waals surface area (Å²) in [6.45, 7) is 3.16. The number of rotatable bonds is 7. The van der Waals surface area contributed by atoms with Crippen LogP contribution in [0.2, 0.25) is 18.8 Å². The first-order valence-electron chi connectivity index (χ1n) is 8.78. The van der Waals surface area contributed by atoms with Crippen LogP contribution in [-0.2, 0) is 9.47 Å². The van der Waals surface area contributed by atoms with Crippen LogP contribution in [0.4, 0.5) is 0 Å². The molecule has 1 aromatic carbocycles. The van der Waals surface area contributed by atoms with Gasteiger partial charge in [-0.15, -0.1) is 0 Å². The average molecular weight is 411 g/mol. The molecule has 3 heteroatoms. The van der Waals surface area contributed by atoms with Crippen molar-refractivity contribution in [3.05, 3.63) is 35.9 Å².